The number of rotatable bonds is 3. The number of amides is 2. The molecule has 0 bridgehead atoms. The second-order valence-electron chi connectivity index (χ2n) is 6.63. The van der Waals surface area contributed by atoms with E-state index in [1.165, 1.54) is 5.56 Å². The van der Waals surface area contributed by atoms with Gasteiger partial charge >= 0.3 is 12.0 Å². The number of aromatic nitrogens is 2. The van der Waals surface area contributed by atoms with Gasteiger partial charge in [-0.2, -0.15) is 5.10 Å². The summed E-state index contributed by atoms with van der Waals surface area (Å²) in [7, 11) is 0. The fraction of sp³-hybridized carbons (Fsp3) is 0.688. The van der Waals surface area contributed by atoms with Gasteiger partial charge in [0.2, 0.25) is 0 Å². The molecule has 1 saturated carbocycles. The van der Waals surface area contributed by atoms with Crippen molar-refractivity contribution in [1.82, 2.24) is 20.4 Å². The van der Waals surface area contributed by atoms with E-state index in [0.717, 1.165) is 38.8 Å². The molecule has 0 radical (unpaired) electrons. The van der Waals surface area contributed by atoms with Crippen molar-refractivity contribution < 1.29 is 14.7 Å². The molecule has 2 heterocycles. The molecule has 2 fully saturated rings. The Morgan fingerprint density at radius 2 is 1.87 bits per heavy atom. The first-order valence-electron chi connectivity index (χ1n) is 8.40. The van der Waals surface area contributed by atoms with E-state index in [1.807, 2.05) is 17.3 Å². The monoisotopic (exact) mass is 320 g/mol. The number of piperidine rings is 1. The predicted octanol–water partition coefficient (Wildman–Crippen LogP) is 1.94. The van der Waals surface area contributed by atoms with E-state index >= 15 is 0 Å². The third-order valence-corrected chi connectivity index (χ3v) is 5.18. The van der Waals surface area contributed by atoms with Crippen LogP contribution in [0.3, 0.4) is 0 Å². The molecule has 1 aromatic rings. The molecule has 0 spiro atoms. The Kier molecular flexibility index (Phi) is 4.83. The quantitative estimate of drug-likeness (QED) is 0.792. The van der Waals surface area contributed by atoms with Crippen LogP contribution >= 0.6 is 0 Å². The molecule has 7 nitrogen and oxygen atoms in total. The maximum atomic E-state index is 12.4. The Labute approximate surface area is 135 Å². The predicted molar refractivity (Wildman–Crippen MR) is 84.0 cm³/mol. The Hall–Kier alpha value is -2.05. The lowest BCUT2D eigenvalue weighted by Crippen LogP contribution is -2.48. The lowest BCUT2D eigenvalue weighted by Gasteiger charge is -2.34. The zero-order valence-corrected chi connectivity index (χ0v) is 13.2. The molecule has 3 N–H and O–H groups in total. The summed E-state index contributed by atoms with van der Waals surface area (Å²) < 4.78 is 0. The van der Waals surface area contributed by atoms with Gasteiger partial charge in [-0.3, -0.25) is 9.89 Å². The van der Waals surface area contributed by atoms with Crippen molar-refractivity contribution in [3.05, 3.63) is 18.0 Å². The topological polar surface area (TPSA) is 98.3 Å². The van der Waals surface area contributed by atoms with Gasteiger partial charge < -0.3 is 15.3 Å². The van der Waals surface area contributed by atoms with Crippen LogP contribution in [0.4, 0.5) is 4.79 Å². The standard InChI is InChI=1S/C16H24N4O3/c21-15(22)12-1-3-14(4-2-12)19-16(23)20-7-5-11(6-8-20)13-9-17-18-10-13/h9-12,14H,1-8H2,(H,17,18)(H,19,23)(H,21,22). The van der Waals surface area contributed by atoms with Crippen molar-refractivity contribution >= 4 is 12.0 Å². The molecule has 0 unspecified atom stereocenters. The Balaban J connectivity index is 1.42. The third kappa shape index (κ3) is 3.83. The Morgan fingerprint density at radius 1 is 1.17 bits per heavy atom. The number of likely N-dealkylation sites (tertiary alicyclic amines) is 1. The number of carbonyl (C=O) groups excluding carboxylic acids is 1. The highest BCUT2D eigenvalue weighted by atomic mass is 16.4. The largest absolute Gasteiger partial charge is 0.481 e. The minimum absolute atomic E-state index is 0.00517. The molecular formula is C16H24N4O3. The first-order chi connectivity index (χ1) is 11.1. The van der Waals surface area contributed by atoms with Gasteiger partial charge in [0.1, 0.15) is 0 Å². The van der Waals surface area contributed by atoms with E-state index in [1.54, 1.807) is 0 Å². The summed E-state index contributed by atoms with van der Waals surface area (Å²) in [6.45, 7) is 1.51. The van der Waals surface area contributed by atoms with Crippen LogP contribution in [0, 0.1) is 5.92 Å². The molecule has 0 atom stereocenters. The fourth-order valence-corrected chi connectivity index (χ4v) is 3.65. The second-order valence-corrected chi connectivity index (χ2v) is 6.63. The zero-order chi connectivity index (χ0) is 16.2. The molecule has 2 amide bonds. The number of hydrogen-bond donors (Lipinski definition) is 3. The van der Waals surface area contributed by atoms with Gasteiger partial charge in [-0.25, -0.2) is 4.79 Å². The first kappa shape index (κ1) is 15.8. The third-order valence-electron chi connectivity index (χ3n) is 5.18. The molecule has 3 rings (SSSR count). The minimum atomic E-state index is -0.712. The van der Waals surface area contributed by atoms with Gasteiger partial charge in [-0.05, 0) is 50.0 Å². The fourth-order valence-electron chi connectivity index (χ4n) is 3.65. The molecule has 1 saturated heterocycles. The average Bonchev–Trinajstić information content (AvgIpc) is 3.10. The molecule has 1 aromatic heterocycles. The van der Waals surface area contributed by atoms with E-state index in [-0.39, 0.29) is 18.0 Å². The molecule has 2 aliphatic rings. The summed E-state index contributed by atoms with van der Waals surface area (Å²) in [4.78, 5) is 25.2. The van der Waals surface area contributed by atoms with Crippen LogP contribution in [-0.2, 0) is 4.79 Å². The van der Waals surface area contributed by atoms with Crippen LogP contribution < -0.4 is 5.32 Å². The average molecular weight is 320 g/mol. The van der Waals surface area contributed by atoms with Crippen molar-refractivity contribution in [2.75, 3.05) is 13.1 Å². The van der Waals surface area contributed by atoms with Crippen LogP contribution in [0.15, 0.2) is 12.4 Å². The molecular weight excluding hydrogens is 296 g/mol. The highest BCUT2D eigenvalue weighted by Gasteiger charge is 2.29. The number of nitrogens with zero attached hydrogens (tertiary/aromatic N) is 2. The van der Waals surface area contributed by atoms with E-state index in [2.05, 4.69) is 15.5 Å². The number of carboxylic acid groups (broad SMARTS) is 1. The minimum Gasteiger partial charge on any atom is -0.481 e. The number of H-pyrrole nitrogens is 1. The Morgan fingerprint density at radius 3 is 2.43 bits per heavy atom. The molecule has 1 aliphatic carbocycles. The van der Waals surface area contributed by atoms with Crippen LogP contribution in [0.1, 0.15) is 50.0 Å². The van der Waals surface area contributed by atoms with Crippen molar-refractivity contribution in [1.29, 1.82) is 0 Å². The molecule has 1 aliphatic heterocycles. The zero-order valence-electron chi connectivity index (χ0n) is 13.2. The molecule has 23 heavy (non-hydrogen) atoms. The van der Waals surface area contributed by atoms with E-state index in [9.17, 15) is 9.59 Å². The summed E-state index contributed by atoms with van der Waals surface area (Å²) in [5.41, 5.74) is 1.22. The smallest absolute Gasteiger partial charge is 0.317 e. The van der Waals surface area contributed by atoms with Gasteiger partial charge in [0.05, 0.1) is 12.1 Å². The number of carbonyl (C=O) groups is 2. The van der Waals surface area contributed by atoms with Gasteiger partial charge in [0.25, 0.3) is 0 Å². The summed E-state index contributed by atoms with van der Waals surface area (Å²) in [5, 5.41) is 18.9. The van der Waals surface area contributed by atoms with Crippen LogP contribution in [0.5, 0.6) is 0 Å². The Bertz CT molecular complexity index is 530. The van der Waals surface area contributed by atoms with Crippen molar-refractivity contribution in [2.45, 2.75) is 50.5 Å². The number of aliphatic carboxylic acids is 1. The lowest BCUT2D eigenvalue weighted by molar-refractivity contribution is -0.142. The molecule has 0 aromatic carbocycles. The summed E-state index contributed by atoms with van der Waals surface area (Å²) in [5.74, 6) is -0.478. The lowest BCUT2D eigenvalue weighted by atomic mass is 9.86. The summed E-state index contributed by atoms with van der Waals surface area (Å²) in [6, 6.07) is 0.110. The highest BCUT2D eigenvalue weighted by molar-refractivity contribution is 5.75. The van der Waals surface area contributed by atoms with Gasteiger partial charge in [-0.1, -0.05) is 0 Å². The first-order valence-corrected chi connectivity index (χ1v) is 8.40. The van der Waals surface area contributed by atoms with Crippen LogP contribution in [0.2, 0.25) is 0 Å². The maximum Gasteiger partial charge on any atom is 0.317 e. The maximum absolute atomic E-state index is 12.4. The summed E-state index contributed by atoms with van der Waals surface area (Å²) in [6.07, 6.45) is 8.54. The number of nitrogens with one attached hydrogen (secondary N) is 2. The SMILES string of the molecule is O=C(O)C1CCC(NC(=O)N2CCC(c3cn[nH]c3)CC2)CC1. The molecule has 7 heteroatoms. The van der Waals surface area contributed by atoms with Crippen molar-refractivity contribution in [3.63, 3.8) is 0 Å². The van der Waals surface area contributed by atoms with Gasteiger partial charge in [-0.15, -0.1) is 0 Å². The highest BCUT2D eigenvalue weighted by Crippen LogP contribution is 2.28. The van der Waals surface area contributed by atoms with E-state index < -0.39 is 5.97 Å². The van der Waals surface area contributed by atoms with Gasteiger partial charge in [0.15, 0.2) is 0 Å². The van der Waals surface area contributed by atoms with Gasteiger partial charge in [0, 0.05) is 25.3 Å². The van der Waals surface area contributed by atoms with Crippen LogP contribution in [0.25, 0.3) is 0 Å². The normalized spacial score (nSPS) is 26.0. The number of hydrogen-bond acceptors (Lipinski definition) is 3. The number of urea groups is 1. The van der Waals surface area contributed by atoms with Crippen molar-refractivity contribution in [3.8, 4) is 0 Å². The van der Waals surface area contributed by atoms with Crippen molar-refractivity contribution in [2.24, 2.45) is 5.92 Å². The summed E-state index contributed by atoms with van der Waals surface area (Å²) >= 11 is 0. The van der Waals surface area contributed by atoms with Crippen LogP contribution in [-0.4, -0.2) is 51.3 Å². The second kappa shape index (κ2) is 7.02. The van der Waals surface area contributed by atoms with E-state index in [0.29, 0.717) is 18.8 Å². The number of carboxylic acids is 1. The van der Waals surface area contributed by atoms with E-state index in [4.69, 9.17) is 5.11 Å². The molecule has 126 valence electrons. The number of aromatic amines is 1.